The van der Waals surface area contributed by atoms with Crippen molar-refractivity contribution in [3.8, 4) is 11.8 Å². The molecule has 0 heterocycles. The van der Waals surface area contributed by atoms with Crippen molar-refractivity contribution in [2.24, 2.45) is 11.5 Å². The Labute approximate surface area is 121 Å². The highest BCUT2D eigenvalue weighted by atomic mass is 32.2. The van der Waals surface area contributed by atoms with Crippen molar-refractivity contribution in [3.63, 3.8) is 0 Å². The van der Waals surface area contributed by atoms with Gasteiger partial charge in [0.1, 0.15) is 5.82 Å². The Morgan fingerprint density at radius 1 is 1.33 bits per heavy atom. The van der Waals surface area contributed by atoms with Crippen LogP contribution < -0.4 is 21.5 Å². The predicted octanol–water partition coefficient (Wildman–Crippen LogP) is -0.917. The van der Waals surface area contributed by atoms with Gasteiger partial charge in [-0.2, -0.15) is 0 Å². The van der Waals surface area contributed by atoms with E-state index in [0.717, 1.165) is 6.07 Å². The largest absolute Gasteiger partial charge is 0.352 e. The molecule has 0 aliphatic heterocycles. The molecule has 114 valence electrons. The van der Waals surface area contributed by atoms with Crippen LogP contribution in [0.25, 0.3) is 0 Å². The van der Waals surface area contributed by atoms with Gasteiger partial charge in [-0.05, 0) is 18.2 Å². The molecule has 0 bridgehead atoms. The summed E-state index contributed by atoms with van der Waals surface area (Å²) in [6, 6.07) is 2.59. The molecule has 0 atom stereocenters. The molecule has 0 spiro atoms. The van der Waals surface area contributed by atoms with E-state index in [4.69, 9.17) is 11.5 Å². The summed E-state index contributed by atoms with van der Waals surface area (Å²) >= 11 is 0. The van der Waals surface area contributed by atoms with Crippen molar-refractivity contribution in [1.29, 1.82) is 0 Å². The number of carbonyl (C=O) groups excluding carboxylic acids is 1. The van der Waals surface area contributed by atoms with Gasteiger partial charge >= 0.3 is 6.03 Å². The number of hydrogen-bond acceptors (Lipinski definition) is 4. The standard InChI is InChI=1S/C12H15FN4O3S/c13-11-8-10(4-3-9(11)2-1-5-14)21(19,20)17-7-6-16-12(15)18/h3-4,8,17H,5-7,14H2,(H3,15,16,18). The van der Waals surface area contributed by atoms with E-state index in [-0.39, 0.29) is 30.1 Å². The first-order chi connectivity index (χ1) is 9.86. The van der Waals surface area contributed by atoms with Crippen LogP contribution in [0.2, 0.25) is 0 Å². The lowest BCUT2D eigenvalue weighted by atomic mass is 10.2. The van der Waals surface area contributed by atoms with Crippen molar-refractivity contribution in [1.82, 2.24) is 10.0 Å². The van der Waals surface area contributed by atoms with Gasteiger partial charge in [0.25, 0.3) is 0 Å². The van der Waals surface area contributed by atoms with Crippen LogP contribution >= 0.6 is 0 Å². The van der Waals surface area contributed by atoms with Gasteiger partial charge in [-0.3, -0.25) is 0 Å². The zero-order chi connectivity index (χ0) is 15.9. The van der Waals surface area contributed by atoms with Crippen LogP contribution in [0.3, 0.4) is 0 Å². The van der Waals surface area contributed by atoms with E-state index in [1.807, 2.05) is 0 Å². The van der Waals surface area contributed by atoms with Crippen molar-refractivity contribution in [2.75, 3.05) is 19.6 Å². The first kappa shape index (κ1) is 16.9. The molecule has 1 aromatic rings. The smallest absolute Gasteiger partial charge is 0.312 e. The number of carbonyl (C=O) groups is 1. The molecule has 1 aromatic carbocycles. The monoisotopic (exact) mass is 314 g/mol. The predicted molar refractivity (Wildman–Crippen MR) is 75.1 cm³/mol. The molecule has 21 heavy (non-hydrogen) atoms. The Morgan fingerprint density at radius 3 is 2.62 bits per heavy atom. The van der Waals surface area contributed by atoms with Gasteiger partial charge in [0.15, 0.2) is 0 Å². The summed E-state index contributed by atoms with van der Waals surface area (Å²) in [5.74, 6) is 4.21. The third-order valence-corrected chi connectivity index (χ3v) is 3.75. The third kappa shape index (κ3) is 5.39. The summed E-state index contributed by atoms with van der Waals surface area (Å²) in [7, 11) is -3.87. The van der Waals surface area contributed by atoms with Crippen molar-refractivity contribution in [3.05, 3.63) is 29.6 Å². The fraction of sp³-hybridized carbons (Fsp3) is 0.250. The van der Waals surface area contributed by atoms with E-state index in [1.165, 1.54) is 12.1 Å². The molecule has 0 fully saturated rings. The van der Waals surface area contributed by atoms with Crippen LogP contribution in [0, 0.1) is 17.7 Å². The Balaban J connectivity index is 2.79. The van der Waals surface area contributed by atoms with Crippen molar-refractivity contribution in [2.45, 2.75) is 4.90 Å². The lowest BCUT2D eigenvalue weighted by molar-refractivity contribution is 0.249. The second-order valence-corrected chi connectivity index (χ2v) is 5.60. The molecule has 6 N–H and O–H groups in total. The lowest BCUT2D eigenvalue weighted by Crippen LogP contribution is -2.37. The highest BCUT2D eigenvalue weighted by molar-refractivity contribution is 7.89. The molecule has 7 nitrogen and oxygen atoms in total. The van der Waals surface area contributed by atoms with Gasteiger partial charge < -0.3 is 16.8 Å². The van der Waals surface area contributed by atoms with Crippen molar-refractivity contribution < 1.29 is 17.6 Å². The minimum atomic E-state index is -3.87. The molecule has 0 aliphatic carbocycles. The van der Waals surface area contributed by atoms with Gasteiger partial charge in [0.05, 0.1) is 17.0 Å². The quantitative estimate of drug-likeness (QED) is 0.414. The van der Waals surface area contributed by atoms with Crippen LogP contribution in [0.4, 0.5) is 9.18 Å². The molecule has 0 saturated heterocycles. The van der Waals surface area contributed by atoms with Gasteiger partial charge in [0.2, 0.25) is 10.0 Å². The van der Waals surface area contributed by atoms with Crippen LogP contribution in [0.1, 0.15) is 5.56 Å². The van der Waals surface area contributed by atoms with Crippen LogP contribution in [0.15, 0.2) is 23.1 Å². The number of urea groups is 1. The number of hydrogen-bond donors (Lipinski definition) is 4. The molecular formula is C12H15FN4O3S. The average molecular weight is 314 g/mol. The van der Waals surface area contributed by atoms with E-state index < -0.39 is 21.9 Å². The summed E-state index contributed by atoms with van der Waals surface area (Å²) in [6.45, 7) is 0.0344. The number of primary amides is 1. The van der Waals surface area contributed by atoms with Crippen LogP contribution in [-0.2, 0) is 10.0 Å². The van der Waals surface area contributed by atoms with E-state index in [2.05, 4.69) is 21.9 Å². The molecule has 2 amide bonds. The maximum Gasteiger partial charge on any atom is 0.312 e. The summed E-state index contributed by atoms with van der Waals surface area (Å²) < 4.78 is 39.6. The van der Waals surface area contributed by atoms with E-state index in [1.54, 1.807) is 0 Å². The fourth-order valence-corrected chi connectivity index (χ4v) is 2.41. The number of halogens is 1. The molecule has 0 unspecified atom stereocenters. The number of benzene rings is 1. The summed E-state index contributed by atoms with van der Waals surface area (Å²) in [5, 5.41) is 2.22. The summed E-state index contributed by atoms with van der Waals surface area (Å²) in [4.78, 5) is 10.2. The Morgan fingerprint density at radius 2 is 2.05 bits per heavy atom. The Bertz CT molecular complexity index is 679. The molecule has 0 saturated carbocycles. The number of sulfonamides is 1. The average Bonchev–Trinajstić information content (AvgIpc) is 2.42. The van der Waals surface area contributed by atoms with E-state index in [9.17, 15) is 17.6 Å². The zero-order valence-corrected chi connectivity index (χ0v) is 11.8. The molecule has 0 radical (unpaired) electrons. The Hall–Kier alpha value is -2.15. The van der Waals surface area contributed by atoms with Crippen molar-refractivity contribution >= 4 is 16.1 Å². The summed E-state index contributed by atoms with van der Waals surface area (Å²) in [6.07, 6.45) is 0. The number of amides is 2. The normalized spacial score (nSPS) is 10.6. The first-order valence-corrected chi connectivity index (χ1v) is 7.36. The van der Waals surface area contributed by atoms with Gasteiger partial charge in [-0.25, -0.2) is 22.3 Å². The second kappa shape index (κ2) is 7.58. The highest BCUT2D eigenvalue weighted by Gasteiger charge is 2.15. The maximum absolute atomic E-state index is 13.7. The fourth-order valence-electron chi connectivity index (χ4n) is 1.37. The molecule has 0 aliphatic rings. The molecule has 0 aromatic heterocycles. The van der Waals surface area contributed by atoms with Crippen LogP contribution in [-0.4, -0.2) is 34.1 Å². The van der Waals surface area contributed by atoms with Gasteiger partial charge in [0, 0.05) is 13.1 Å². The molecule has 9 heteroatoms. The zero-order valence-electron chi connectivity index (χ0n) is 11.0. The number of rotatable bonds is 5. The van der Waals surface area contributed by atoms with Gasteiger partial charge in [-0.1, -0.05) is 11.8 Å². The maximum atomic E-state index is 13.7. The highest BCUT2D eigenvalue weighted by Crippen LogP contribution is 2.14. The topological polar surface area (TPSA) is 127 Å². The molecule has 1 rings (SSSR count). The van der Waals surface area contributed by atoms with Gasteiger partial charge in [-0.15, -0.1) is 0 Å². The molecular weight excluding hydrogens is 299 g/mol. The van der Waals surface area contributed by atoms with E-state index in [0.29, 0.717) is 0 Å². The minimum absolute atomic E-state index is 0.0249. The Kier molecular flexibility index (Phi) is 6.10. The SMILES string of the molecule is NCC#Cc1ccc(S(=O)(=O)NCCNC(N)=O)cc1F. The number of nitrogens with one attached hydrogen (secondary N) is 2. The van der Waals surface area contributed by atoms with Crippen LogP contribution in [0.5, 0.6) is 0 Å². The lowest BCUT2D eigenvalue weighted by Gasteiger charge is -2.07. The van der Waals surface area contributed by atoms with E-state index >= 15 is 0 Å². The number of nitrogens with two attached hydrogens (primary N) is 2. The minimum Gasteiger partial charge on any atom is -0.352 e. The second-order valence-electron chi connectivity index (χ2n) is 3.84. The summed E-state index contributed by atoms with van der Waals surface area (Å²) in [5.41, 5.74) is 10.1. The first-order valence-electron chi connectivity index (χ1n) is 5.88. The third-order valence-electron chi connectivity index (χ3n) is 2.29.